The van der Waals surface area contributed by atoms with E-state index in [0.717, 1.165) is 10.6 Å². The first-order valence-corrected chi connectivity index (χ1v) is 5.37. The molecule has 2 rings (SSSR count). The SMILES string of the molecule is NCCC(=O)c1scnc1C1CC1. The number of thiazole rings is 1. The van der Waals surface area contributed by atoms with E-state index in [-0.39, 0.29) is 5.78 Å². The largest absolute Gasteiger partial charge is 0.330 e. The molecule has 1 aliphatic rings. The quantitative estimate of drug-likeness (QED) is 0.743. The second-order valence-corrected chi connectivity index (χ2v) is 4.16. The molecule has 1 heterocycles. The molecule has 1 aliphatic carbocycles. The van der Waals surface area contributed by atoms with Crippen molar-refractivity contribution in [1.29, 1.82) is 0 Å². The van der Waals surface area contributed by atoms with Crippen molar-refractivity contribution >= 4 is 17.1 Å². The second kappa shape index (κ2) is 3.55. The van der Waals surface area contributed by atoms with Crippen LogP contribution in [0.3, 0.4) is 0 Å². The number of aromatic nitrogens is 1. The van der Waals surface area contributed by atoms with Gasteiger partial charge in [0.25, 0.3) is 0 Å². The molecule has 0 aliphatic heterocycles. The molecule has 0 aromatic carbocycles. The number of nitrogens with zero attached hydrogens (tertiary/aromatic N) is 1. The van der Waals surface area contributed by atoms with E-state index in [9.17, 15) is 4.79 Å². The Kier molecular flexibility index (Phi) is 2.42. The summed E-state index contributed by atoms with van der Waals surface area (Å²) in [4.78, 5) is 16.6. The molecule has 0 spiro atoms. The second-order valence-electron chi connectivity index (χ2n) is 3.30. The molecular weight excluding hydrogens is 184 g/mol. The Hall–Kier alpha value is -0.740. The van der Waals surface area contributed by atoms with Crippen molar-refractivity contribution in [1.82, 2.24) is 4.98 Å². The van der Waals surface area contributed by atoms with Gasteiger partial charge >= 0.3 is 0 Å². The maximum Gasteiger partial charge on any atom is 0.175 e. The van der Waals surface area contributed by atoms with Gasteiger partial charge < -0.3 is 5.73 Å². The topological polar surface area (TPSA) is 56.0 Å². The third kappa shape index (κ3) is 1.78. The smallest absolute Gasteiger partial charge is 0.175 e. The summed E-state index contributed by atoms with van der Waals surface area (Å²) in [5.41, 5.74) is 8.12. The van der Waals surface area contributed by atoms with Gasteiger partial charge in [0, 0.05) is 12.3 Å². The van der Waals surface area contributed by atoms with E-state index in [1.807, 2.05) is 0 Å². The van der Waals surface area contributed by atoms with E-state index < -0.39 is 0 Å². The van der Waals surface area contributed by atoms with Gasteiger partial charge in [0.05, 0.1) is 16.1 Å². The lowest BCUT2D eigenvalue weighted by atomic mass is 10.1. The molecule has 3 nitrogen and oxygen atoms in total. The predicted molar refractivity (Wildman–Crippen MR) is 52.1 cm³/mol. The zero-order valence-corrected chi connectivity index (χ0v) is 8.14. The van der Waals surface area contributed by atoms with Crippen LogP contribution in [0.1, 0.15) is 40.5 Å². The number of ketones is 1. The molecule has 1 saturated carbocycles. The van der Waals surface area contributed by atoms with E-state index in [1.54, 1.807) is 5.51 Å². The Labute approximate surface area is 81.0 Å². The Morgan fingerprint density at radius 2 is 2.46 bits per heavy atom. The molecule has 2 N–H and O–H groups in total. The number of hydrogen-bond acceptors (Lipinski definition) is 4. The maximum absolute atomic E-state index is 11.5. The van der Waals surface area contributed by atoms with Crippen molar-refractivity contribution in [2.24, 2.45) is 5.73 Å². The molecule has 70 valence electrons. The molecule has 0 bridgehead atoms. The van der Waals surface area contributed by atoms with E-state index in [1.165, 1.54) is 24.2 Å². The first kappa shape index (κ1) is 8.84. The number of nitrogens with two attached hydrogens (primary N) is 1. The summed E-state index contributed by atoms with van der Waals surface area (Å²) in [7, 11) is 0. The van der Waals surface area contributed by atoms with E-state index in [2.05, 4.69) is 4.98 Å². The number of Topliss-reactive ketones (excluding diaryl/α,β-unsaturated/α-hetero) is 1. The Morgan fingerprint density at radius 1 is 1.69 bits per heavy atom. The van der Waals surface area contributed by atoms with E-state index >= 15 is 0 Å². The number of carbonyl (C=O) groups excluding carboxylic acids is 1. The highest BCUT2D eigenvalue weighted by atomic mass is 32.1. The van der Waals surface area contributed by atoms with Crippen molar-refractivity contribution in [3.05, 3.63) is 16.1 Å². The molecule has 0 radical (unpaired) electrons. The van der Waals surface area contributed by atoms with Crippen LogP contribution >= 0.6 is 11.3 Å². The van der Waals surface area contributed by atoms with Crippen LogP contribution in [-0.4, -0.2) is 17.3 Å². The minimum absolute atomic E-state index is 0.159. The molecule has 0 amide bonds. The molecule has 0 unspecified atom stereocenters. The lowest BCUT2D eigenvalue weighted by molar-refractivity contribution is 0.0988. The number of carbonyl (C=O) groups is 1. The molecule has 4 heteroatoms. The van der Waals surface area contributed by atoms with Gasteiger partial charge in [0.1, 0.15) is 0 Å². The number of rotatable bonds is 4. The van der Waals surface area contributed by atoms with Crippen LogP contribution < -0.4 is 5.73 Å². The van der Waals surface area contributed by atoms with Crippen molar-refractivity contribution in [3.63, 3.8) is 0 Å². The summed E-state index contributed by atoms with van der Waals surface area (Å²) < 4.78 is 0. The minimum atomic E-state index is 0.159. The fraction of sp³-hybridized carbons (Fsp3) is 0.556. The molecule has 0 atom stereocenters. The first-order valence-electron chi connectivity index (χ1n) is 4.49. The van der Waals surface area contributed by atoms with Gasteiger partial charge in [-0.3, -0.25) is 4.79 Å². The van der Waals surface area contributed by atoms with Gasteiger partial charge in [-0.15, -0.1) is 11.3 Å². The summed E-state index contributed by atoms with van der Waals surface area (Å²) in [6.45, 7) is 0.431. The Bertz CT molecular complexity index is 317. The summed E-state index contributed by atoms with van der Waals surface area (Å²) in [5.74, 6) is 0.717. The molecule has 13 heavy (non-hydrogen) atoms. The third-order valence-corrected chi connectivity index (χ3v) is 3.07. The van der Waals surface area contributed by atoms with E-state index in [0.29, 0.717) is 18.9 Å². The average molecular weight is 196 g/mol. The molecular formula is C9H12N2OS. The van der Waals surface area contributed by atoms with Crippen molar-refractivity contribution < 1.29 is 4.79 Å². The summed E-state index contributed by atoms with van der Waals surface area (Å²) in [5, 5.41) is 0. The van der Waals surface area contributed by atoms with Gasteiger partial charge in [0.2, 0.25) is 0 Å². The highest BCUT2D eigenvalue weighted by Gasteiger charge is 2.30. The zero-order valence-electron chi connectivity index (χ0n) is 7.32. The van der Waals surface area contributed by atoms with Crippen molar-refractivity contribution in [3.8, 4) is 0 Å². The zero-order chi connectivity index (χ0) is 9.26. The van der Waals surface area contributed by atoms with Crippen LogP contribution in [0, 0.1) is 0 Å². The van der Waals surface area contributed by atoms with Crippen LogP contribution in [0.5, 0.6) is 0 Å². The summed E-state index contributed by atoms with van der Waals surface area (Å²) >= 11 is 1.45. The predicted octanol–water partition coefficient (Wildman–Crippen LogP) is 1.55. The standard InChI is InChI=1S/C9H12N2OS/c10-4-3-7(12)9-8(6-1-2-6)11-5-13-9/h5-6H,1-4,10H2. The van der Waals surface area contributed by atoms with Crippen LogP contribution in [0.4, 0.5) is 0 Å². The molecule has 1 aromatic heterocycles. The van der Waals surface area contributed by atoms with Crippen molar-refractivity contribution in [2.45, 2.75) is 25.2 Å². The van der Waals surface area contributed by atoms with Gasteiger partial charge in [-0.2, -0.15) is 0 Å². The fourth-order valence-electron chi connectivity index (χ4n) is 1.36. The van der Waals surface area contributed by atoms with Gasteiger partial charge in [-0.05, 0) is 19.4 Å². The fourth-order valence-corrected chi connectivity index (χ4v) is 2.20. The highest BCUT2D eigenvalue weighted by molar-refractivity contribution is 7.12. The lowest BCUT2D eigenvalue weighted by Gasteiger charge is -1.97. The normalized spacial score (nSPS) is 16.1. The summed E-state index contributed by atoms with van der Waals surface area (Å²) in [6, 6.07) is 0. The van der Waals surface area contributed by atoms with Gasteiger partial charge in [-0.1, -0.05) is 0 Å². The maximum atomic E-state index is 11.5. The van der Waals surface area contributed by atoms with Crippen LogP contribution in [0.15, 0.2) is 5.51 Å². The minimum Gasteiger partial charge on any atom is -0.330 e. The van der Waals surface area contributed by atoms with Gasteiger partial charge in [0.15, 0.2) is 5.78 Å². The third-order valence-electron chi connectivity index (χ3n) is 2.18. The van der Waals surface area contributed by atoms with Crippen molar-refractivity contribution in [2.75, 3.05) is 6.54 Å². The summed E-state index contributed by atoms with van der Waals surface area (Å²) in [6.07, 6.45) is 2.82. The van der Waals surface area contributed by atoms with E-state index in [4.69, 9.17) is 5.73 Å². The highest BCUT2D eigenvalue weighted by Crippen LogP contribution is 2.41. The lowest BCUT2D eigenvalue weighted by Crippen LogP contribution is -2.08. The van der Waals surface area contributed by atoms with Crippen LogP contribution in [0.25, 0.3) is 0 Å². The molecule has 1 fully saturated rings. The molecule has 1 aromatic rings. The first-order chi connectivity index (χ1) is 6.33. The Balaban J connectivity index is 2.18. The van der Waals surface area contributed by atoms with Crippen LogP contribution in [0.2, 0.25) is 0 Å². The van der Waals surface area contributed by atoms with Gasteiger partial charge in [-0.25, -0.2) is 4.98 Å². The molecule has 0 saturated heterocycles. The average Bonchev–Trinajstić information content (AvgIpc) is 2.84. The Morgan fingerprint density at radius 3 is 3.08 bits per heavy atom. The number of hydrogen-bond donors (Lipinski definition) is 1. The van der Waals surface area contributed by atoms with Crippen LogP contribution in [-0.2, 0) is 0 Å². The monoisotopic (exact) mass is 196 g/mol.